The van der Waals surface area contributed by atoms with Crippen molar-refractivity contribution >= 4 is 65.4 Å². The molecular formula is C44H26. The Balaban J connectivity index is 1.41. The zero-order chi connectivity index (χ0) is 28.8. The van der Waals surface area contributed by atoms with Crippen molar-refractivity contribution in [2.45, 2.75) is 0 Å². The average molecular weight is 555 g/mol. The van der Waals surface area contributed by atoms with Crippen LogP contribution in [0.2, 0.25) is 0 Å². The van der Waals surface area contributed by atoms with Crippen LogP contribution in [-0.4, -0.2) is 0 Å². The van der Waals surface area contributed by atoms with Gasteiger partial charge >= 0.3 is 0 Å². The number of fused-ring (bicyclic) bond motifs is 9. The second-order valence-corrected chi connectivity index (χ2v) is 12.1. The van der Waals surface area contributed by atoms with E-state index in [1.54, 1.807) is 0 Å². The van der Waals surface area contributed by atoms with Gasteiger partial charge in [-0.25, -0.2) is 0 Å². The lowest BCUT2D eigenvalue weighted by atomic mass is 9.88. The minimum absolute atomic E-state index is 1.27. The quantitative estimate of drug-likeness (QED) is 0.199. The summed E-state index contributed by atoms with van der Waals surface area (Å²) < 4.78 is 0. The molecule has 0 aromatic heterocycles. The summed E-state index contributed by atoms with van der Waals surface area (Å²) in [6, 6.07) is 58.6. The first-order chi connectivity index (χ1) is 21.8. The summed E-state index contributed by atoms with van der Waals surface area (Å²) in [6.07, 6.45) is 0. The van der Waals surface area contributed by atoms with Crippen LogP contribution in [0.4, 0.5) is 0 Å². The van der Waals surface area contributed by atoms with E-state index in [9.17, 15) is 0 Å². The summed E-state index contributed by atoms with van der Waals surface area (Å²) in [6.45, 7) is 0. The zero-order valence-electron chi connectivity index (χ0n) is 24.0. The topological polar surface area (TPSA) is 0 Å². The lowest BCUT2D eigenvalue weighted by Gasteiger charge is -2.15. The maximum atomic E-state index is 2.44. The first kappa shape index (κ1) is 23.8. The van der Waals surface area contributed by atoms with Gasteiger partial charge in [0.05, 0.1) is 0 Å². The van der Waals surface area contributed by atoms with Crippen molar-refractivity contribution in [2.24, 2.45) is 0 Å². The second-order valence-electron chi connectivity index (χ2n) is 12.1. The number of hydrogen-bond donors (Lipinski definition) is 0. The molecule has 2 aliphatic carbocycles. The van der Waals surface area contributed by atoms with Gasteiger partial charge in [-0.15, -0.1) is 0 Å². The molecule has 0 aliphatic heterocycles. The minimum atomic E-state index is 1.27. The highest BCUT2D eigenvalue weighted by Crippen LogP contribution is 2.60. The van der Waals surface area contributed by atoms with Gasteiger partial charge in [0.15, 0.2) is 0 Å². The fourth-order valence-electron chi connectivity index (χ4n) is 7.73. The maximum absolute atomic E-state index is 2.44. The molecule has 0 amide bonds. The van der Waals surface area contributed by atoms with Crippen molar-refractivity contribution in [3.05, 3.63) is 191 Å². The number of allylic oxidation sites excluding steroid dienone is 2. The molecule has 44 heavy (non-hydrogen) atoms. The molecule has 8 aromatic carbocycles. The summed E-state index contributed by atoms with van der Waals surface area (Å²) in [7, 11) is 0. The highest BCUT2D eigenvalue weighted by molar-refractivity contribution is 6.37. The summed E-state index contributed by atoms with van der Waals surface area (Å²) >= 11 is 0. The van der Waals surface area contributed by atoms with Crippen LogP contribution < -0.4 is 0 Å². The first-order valence-electron chi connectivity index (χ1n) is 15.4. The van der Waals surface area contributed by atoms with Gasteiger partial charge in [0.2, 0.25) is 0 Å². The average Bonchev–Trinajstić information content (AvgIpc) is 3.57. The van der Waals surface area contributed by atoms with Gasteiger partial charge in [0, 0.05) is 0 Å². The molecule has 0 spiro atoms. The first-order valence-corrected chi connectivity index (χ1v) is 15.4. The Morgan fingerprint density at radius 1 is 0.227 bits per heavy atom. The molecule has 2 aliphatic rings. The Hall–Kier alpha value is -5.72. The van der Waals surface area contributed by atoms with Crippen LogP contribution in [0.5, 0.6) is 0 Å². The molecule has 0 nitrogen and oxygen atoms in total. The van der Waals surface area contributed by atoms with E-state index in [1.165, 1.54) is 98.8 Å². The highest BCUT2D eigenvalue weighted by atomic mass is 14.4. The third-order valence-electron chi connectivity index (χ3n) is 9.70. The van der Waals surface area contributed by atoms with Crippen LogP contribution in [0.1, 0.15) is 33.4 Å². The minimum Gasteiger partial charge on any atom is -0.0616 e. The largest absolute Gasteiger partial charge is 0.0616 e. The van der Waals surface area contributed by atoms with Gasteiger partial charge in [0.1, 0.15) is 0 Å². The molecule has 8 aromatic rings. The van der Waals surface area contributed by atoms with E-state index >= 15 is 0 Å². The SMILES string of the molecule is c1ccc2cc(C3=C4C(=C(c5cccc6ccccc56)c5cc6ccccc6cc54)c4cc5ccccc5cc43)ccc2c1. The van der Waals surface area contributed by atoms with Crippen molar-refractivity contribution in [1.29, 1.82) is 0 Å². The lowest BCUT2D eigenvalue weighted by Crippen LogP contribution is -1.94. The Morgan fingerprint density at radius 2 is 0.659 bits per heavy atom. The Morgan fingerprint density at radius 3 is 1.27 bits per heavy atom. The van der Waals surface area contributed by atoms with Crippen molar-refractivity contribution in [1.82, 2.24) is 0 Å². The van der Waals surface area contributed by atoms with E-state index in [4.69, 9.17) is 0 Å². The van der Waals surface area contributed by atoms with Gasteiger partial charge in [-0.1, -0.05) is 127 Å². The molecule has 10 rings (SSSR count). The van der Waals surface area contributed by atoms with Crippen LogP contribution in [0.15, 0.2) is 158 Å². The van der Waals surface area contributed by atoms with Crippen LogP contribution in [0.25, 0.3) is 65.4 Å². The molecule has 0 saturated carbocycles. The van der Waals surface area contributed by atoms with Crippen LogP contribution in [-0.2, 0) is 0 Å². The normalized spacial score (nSPS) is 13.7. The van der Waals surface area contributed by atoms with E-state index in [2.05, 4.69) is 158 Å². The smallest absolute Gasteiger partial charge is 0.000718 e. The van der Waals surface area contributed by atoms with E-state index in [-0.39, 0.29) is 0 Å². The molecule has 0 atom stereocenters. The van der Waals surface area contributed by atoms with E-state index in [0.29, 0.717) is 0 Å². The Bertz CT molecular complexity index is 2590. The summed E-state index contributed by atoms with van der Waals surface area (Å²) in [4.78, 5) is 0. The van der Waals surface area contributed by atoms with E-state index in [1.807, 2.05) is 0 Å². The predicted octanol–water partition coefficient (Wildman–Crippen LogP) is 11.5. The fourth-order valence-corrected chi connectivity index (χ4v) is 7.73. The third kappa shape index (κ3) is 3.28. The van der Waals surface area contributed by atoms with E-state index < -0.39 is 0 Å². The van der Waals surface area contributed by atoms with Gasteiger partial charge in [-0.05, 0) is 129 Å². The zero-order valence-corrected chi connectivity index (χ0v) is 24.0. The number of benzene rings is 8. The van der Waals surface area contributed by atoms with Gasteiger partial charge < -0.3 is 0 Å². The predicted molar refractivity (Wildman–Crippen MR) is 188 cm³/mol. The summed E-state index contributed by atoms with van der Waals surface area (Å²) in [5, 5.41) is 10.2. The molecular weight excluding hydrogens is 528 g/mol. The molecule has 0 bridgehead atoms. The van der Waals surface area contributed by atoms with Gasteiger partial charge in [0.25, 0.3) is 0 Å². The van der Waals surface area contributed by atoms with Gasteiger partial charge in [-0.3, -0.25) is 0 Å². The second kappa shape index (κ2) is 8.89. The summed E-state index contributed by atoms with van der Waals surface area (Å²) in [5.41, 5.74) is 13.2. The monoisotopic (exact) mass is 554 g/mol. The van der Waals surface area contributed by atoms with Crippen LogP contribution in [0.3, 0.4) is 0 Å². The van der Waals surface area contributed by atoms with Crippen molar-refractivity contribution in [3.63, 3.8) is 0 Å². The van der Waals surface area contributed by atoms with E-state index in [0.717, 1.165) is 0 Å². The molecule has 0 fully saturated rings. The molecule has 0 heteroatoms. The van der Waals surface area contributed by atoms with Crippen molar-refractivity contribution in [3.8, 4) is 0 Å². The summed E-state index contributed by atoms with van der Waals surface area (Å²) in [5.74, 6) is 0. The maximum Gasteiger partial charge on any atom is -0.000718 e. The standard InChI is InChI=1S/C44H26/c1-2-12-29-22-34(21-20-27(29)10-1)41-37-23-30-13-3-5-15-32(30)25-39(37)44-42(36-19-9-17-28-11-7-8-18-35(28)36)38-24-31-14-4-6-16-33(31)26-40(38)43(41)44/h1-26H. The molecule has 0 unspecified atom stereocenters. The Kier molecular flexibility index (Phi) is 4.81. The Labute approximate surface area is 255 Å². The lowest BCUT2D eigenvalue weighted by molar-refractivity contribution is 1.57. The number of rotatable bonds is 2. The highest BCUT2D eigenvalue weighted by Gasteiger charge is 2.38. The van der Waals surface area contributed by atoms with Crippen molar-refractivity contribution in [2.75, 3.05) is 0 Å². The molecule has 0 saturated heterocycles. The molecule has 0 heterocycles. The van der Waals surface area contributed by atoms with Crippen LogP contribution in [0, 0.1) is 0 Å². The fraction of sp³-hybridized carbons (Fsp3) is 0. The molecule has 0 radical (unpaired) electrons. The molecule has 0 N–H and O–H groups in total. The number of hydrogen-bond acceptors (Lipinski definition) is 0. The van der Waals surface area contributed by atoms with Crippen molar-refractivity contribution < 1.29 is 0 Å². The van der Waals surface area contributed by atoms with Gasteiger partial charge in [-0.2, -0.15) is 0 Å². The third-order valence-corrected chi connectivity index (χ3v) is 9.70. The molecule has 202 valence electrons. The van der Waals surface area contributed by atoms with Crippen LogP contribution >= 0.6 is 0 Å².